The molecule has 152 valence electrons. The van der Waals surface area contributed by atoms with Crippen LogP contribution < -0.4 is 0 Å². The van der Waals surface area contributed by atoms with Crippen LogP contribution in [0.15, 0.2) is 18.2 Å². The minimum atomic E-state index is 0. The molecular formula is C21H31N5S2. The number of aryl methyl sites for hydroxylation is 3. The highest BCUT2D eigenvalue weighted by Gasteiger charge is 2.28. The Balaban J connectivity index is 0.00000140. The Kier molecular flexibility index (Phi) is 7.53. The van der Waals surface area contributed by atoms with Gasteiger partial charge in [0.1, 0.15) is 5.82 Å². The van der Waals surface area contributed by atoms with Gasteiger partial charge in [0.05, 0.1) is 15.4 Å². The Morgan fingerprint density at radius 3 is 2.68 bits per heavy atom. The lowest BCUT2D eigenvalue weighted by Crippen LogP contribution is -2.25. The second-order valence-corrected chi connectivity index (χ2v) is 8.60. The maximum Gasteiger partial charge on any atom is 0.170 e. The van der Waals surface area contributed by atoms with Crippen molar-refractivity contribution in [3.8, 4) is 0 Å². The second-order valence-electron chi connectivity index (χ2n) is 7.37. The molecule has 4 heterocycles. The number of aromatic nitrogens is 4. The lowest BCUT2D eigenvalue weighted by molar-refractivity contribution is 0.248. The Hall–Kier alpha value is -1.57. The van der Waals surface area contributed by atoms with E-state index in [0.717, 1.165) is 47.4 Å². The first kappa shape index (κ1) is 22.7. The monoisotopic (exact) mass is 417 g/mol. The second kappa shape index (κ2) is 9.29. The molecule has 1 saturated heterocycles. The van der Waals surface area contributed by atoms with Gasteiger partial charge in [0.2, 0.25) is 0 Å². The van der Waals surface area contributed by atoms with Gasteiger partial charge in [-0.25, -0.2) is 19.9 Å². The number of likely N-dealkylation sites (tertiary alicyclic amines) is 1. The fourth-order valence-electron chi connectivity index (χ4n) is 3.94. The van der Waals surface area contributed by atoms with Gasteiger partial charge in [-0.05, 0) is 71.2 Å². The van der Waals surface area contributed by atoms with E-state index in [9.17, 15) is 0 Å². The van der Waals surface area contributed by atoms with Crippen molar-refractivity contribution >= 4 is 35.2 Å². The highest BCUT2D eigenvalue weighted by molar-refractivity contribution is 7.59. The van der Waals surface area contributed by atoms with E-state index in [1.807, 2.05) is 20.8 Å². The van der Waals surface area contributed by atoms with Gasteiger partial charge in [0.15, 0.2) is 5.65 Å². The van der Waals surface area contributed by atoms with Crippen LogP contribution in [-0.2, 0) is 6.42 Å². The average Bonchev–Trinajstić information content (AvgIpc) is 3.17. The third-order valence-corrected chi connectivity index (χ3v) is 6.12. The fraction of sp³-hybridized carbons (Fsp3) is 0.524. The zero-order valence-electron chi connectivity index (χ0n) is 16.4. The molecule has 7 heteroatoms. The van der Waals surface area contributed by atoms with Gasteiger partial charge in [-0.15, -0.1) is 11.3 Å². The molecule has 0 bridgehead atoms. The predicted octanol–water partition coefficient (Wildman–Crippen LogP) is 4.78. The predicted molar refractivity (Wildman–Crippen MR) is 123 cm³/mol. The summed E-state index contributed by atoms with van der Waals surface area (Å²) < 4.78 is 1.17. The zero-order valence-corrected chi connectivity index (χ0v) is 18.2. The molecule has 0 radical (unpaired) electrons. The van der Waals surface area contributed by atoms with Crippen molar-refractivity contribution in [2.24, 2.45) is 5.92 Å². The molecule has 4 rings (SSSR count). The van der Waals surface area contributed by atoms with Crippen LogP contribution in [0.3, 0.4) is 0 Å². The molecule has 28 heavy (non-hydrogen) atoms. The number of rotatable bonds is 4. The van der Waals surface area contributed by atoms with E-state index in [1.165, 1.54) is 16.8 Å². The number of hydrogen-bond acceptors (Lipinski definition) is 6. The SMILES string of the molecule is C.Cc1cc(C[C@@H]2CCN(C(C)c3ccc4sc(C)nc4n3)C2)nc(C)n1.S. The van der Waals surface area contributed by atoms with Crippen LogP contribution in [0.1, 0.15) is 54.7 Å². The molecule has 0 saturated carbocycles. The summed E-state index contributed by atoms with van der Waals surface area (Å²) in [4.78, 5) is 20.9. The van der Waals surface area contributed by atoms with E-state index in [2.05, 4.69) is 45.0 Å². The first-order valence-corrected chi connectivity index (χ1v) is 10.1. The highest BCUT2D eigenvalue weighted by Crippen LogP contribution is 2.30. The zero-order chi connectivity index (χ0) is 18.3. The molecule has 1 fully saturated rings. The summed E-state index contributed by atoms with van der Waals surface area (Å²) in [6, 6.07) is 6.77. The molecule has 2 atom stereocenters. The van der Waals surface area contributed by atoms with Gasteiger partial charge >= 0.3 is 0 Å². The highest BCUT2D eigenvalue weighted by atomic mass is 32.1. The summed E-state index contributed by atoms with van der Waals surface area (Å²) >= 11 is 1.71. The molecule has 1 aliphatic heterocycles. The number of thiazole rings is 1. The van der Waals surface area contributed by atoms with Crippen LogP contribution >= 0.6 is 24.8 Å². The summed E-state index contributed by atoms with van der Waals surface area (Å²) in [6.07, 6.45) is 2.25. The van der Waals surface area contributed by atoms with Gasteiger partial charge in [-0.1, -0.05) is 7.43 Å². The van der Waals surface area contributed by atoms with Gasteiger partial charge in [0, 0.05) is 24.0 Å². The smallest absolute Gasteiger partial charge is 0.170 e. The van der Waals surface area contributed by atoms with E-state index >= 15 is 0 Å². The minimum Gasteiger partial charge on any atom is -0.295 e. The van der Waals surface area contributed by atoms with Crippen LogP contribution in [0.2, 0.25) is 0 Å². The van der Waals surface area contributed by atoms with E-state index < -0.39 is 0 Å². The van der Waals surface area contributed by atoms with Gasteiger partial charge in [-0.3, -0.25) is 4.90 Å². The van der Waals surface area contributed by atoms with Gasteiger partial charge in [-0.2, -0.15) is 13.5 Å². The van der Waals surface area contributed by atoms with Crippen LogP contribution in [0.25, 0.3) is 10.3 Å². The van der Waals surface area contributed by atoms with Crippen LogP contribution in [-0.4, -0.2) is 37.9 Å². The fourth-order valence-corrected chi connectivity index (χ4v) is 4.70. The molecule has 0 N–H and O–H groups in total. The molecule has 0 aromatic carbocycles. The molecule has 3 aromatic rings. The summed E-state index contributed by atoms with van der Waals surface area (Å²) in [7, 11) is 0. The number of nitrogens with zero attached hydrogens (tertiary/aromatic N) is 5. The topological polar surface area (TPSA) is 54.8 Å². The molecule has 1 aliphatic rings. The van der Waals surface area contributed by atoms with Crippen LogP contribution in [0.5, 0.6) is 0 Å². The summed E-state index contributed by atoms with van der Waals surface area (Å²) in [5, 5.41) is 1.08. The summed E-state index contributed by atoms with van der Waals surface area (Å²) in [5.41, 5.74) is 4.25. The van der Waals surface area contributed by atoms with E-state index in [1.54, 1.807) is 11.3 Å². The van der Waals surface area contributed by atoms with Crippen LogP contribution in [0.4, 0.5) is 0 Å². The quantitative estimate of drug-likeness (QED) is 0.611. The first-order valence-electron chi connectivity index (χ1n) is 9.27. The van der Waals surface area contributed by atoms with Crippen molar-refractivity contribution < 1.29 is 0 Å². The van der Waals surface area contributed by atoms with Gasteiger partial charge in [0.25, 0.3) is 0 Å². The van der Waals surface area contributed by atoms with Crippen molar-refractivity contribution in [2.45, 2.75) is 54.0 Å². The molecule has 3 aromatic heterocycles. The molecule has 0 amide bonds. The molecule has 1 unspecified atom stereocenters. The van der Waals surface area contributed by atoms with Gasteiger partial charge < -0.3 is 0 Å². The third-order valence-electron chi connectivity index (χ3n) is 5.19. The van der Waals surface area contributed by atoms with E-state index in [-0.39, 0.29) is 20.9 Å². The van der Waals surface area contributed by atoms with Crippen molar-refractivity contribution in [1.82, 2.24) is 24.8 Å². The first-order chi connectivity index (χ1) is 12.5. The Labute approximate surface area is 179 Å². The Bertz CT molecular complexity index is 919. The summed E-state index contributed by atoms with van der Waals surface area (Å²) in [6.45, 7) is 10.5. The van der Waals surface area contributed by atoms with Crippen LogP contribution in [0, 0.1) is 26.7 Å². The van der Waals surface area contributed by atoms with Crippen molar-refractivity contribution in [2.75, 3.05) is 13.1 Å². The molecule has 0 spiro atoms. The van der Waals surface area contributed by atoms with Crippen molar-refractivity contribution in [3.63, 3.8) is 0 Å². The summed E-state index contributed by atoms with van der Waals surface area (Å²) in [5.74, 6) is 1.52. The Morgan fingerprint density at radius 1 is 1.14 bits per heavy atom. The van der Waals surface area contributed by atoms with E-state index in [4.69, 9.17) is 4.98 Å². The maximum atomic E-state index is 4.81. The molecular weight excluding hydrogens is 386 g/mol. The lowest BCUT2D eigenvalue weighted by atomic mass is 10.0. The molecule has 5 nitrogen and oxygen atoms in total. The lowest BCUT2D eigenvalue weighted by Gasteiger charge is -2.24. The minimum absolute atomic E-state index is 0. The number of pyridine rings is 1. The number of fused-ring (bicyclic) bond motifs is 1. The Morgan fingerprint density at radius 2 is 1.93 bits per heavy atom. The largest absolute Gasteiger partial charge is 0.295 e. The molecule has 0 aliphatic carbocycles. The van der Waals surface area contributed by atoms with E-state index in [0.29, 0.717) is 12.0 Å². The maximum absolute atomic E-state index is 4.81. The van der Waals surface area contributed by atoms with Crippen molar-refractivity contribution in [1.29, 1.82) is 0 Å². The number of hydrogen-bond donors (Lipinski definition) is 0. The normalized spacial score (nSPS) is 17.9. The average molecular weight is 418 g/mol. The third kappa shape index (κ3) is 4.88. The standard InChI is InChI=1S/C20H25N5S.CH4.H2S/c1-12-9-17(22-14(3)21-12)10-16-7-8-25(11-16)13(2)18-5-6-19-20(24-18)23-15(4)26-19;;/h5-6,9,13,16H,7-8,10-11H2,1-4H3;1H4;1H2/t13?,16-;;/m0../s1. The van der Waals surface area contributed by atoms with Crippen molar-refractivity contribution in [3.05, 3.63) is 46.1 Å².